The van der Waals surface area contributed by atoms with Gasteiger partial charge in [0.25, 0.3) is 0 Å². The molecule has 3 heteroatoms. The van der Waals surface area contributed by atoms with Crippen molar-refractivity contribution in [2.75, 3.05) is 20.1 Å². The lowest BCUT2D eigenvalue weighted by molar-refractivity contribution is -0.885. The molecule has 0 aliphatic carbocycles. The van der Waals surface area contributed by atoms with E-state index in [0.29, 0.717) is 5.56 Å². The van der Waals surface area contributed by atoms with Gasteiger partial charge in [-0.25, -0.2) is 4.79 Å². The SMILES string of the molecule is C[NH+]1CCC(OC(=O)c2ccccc2)CC1. The van der Waals surface area contributed by atoms with Crippen molar-refractivity contribution in [1.29, 1.82) is 0 Å². The molecule has 1 aliphatic rings. The van der Waals surface area contributed by atoms with Crippen molar-refractivity contribution in [3.63, 3.8) is 0 Å². The first-order valence-corrected chi connectivity index (χ1v) is 5.83. The molecule has 1 aromatic carbocycles. The lowest BCUT2D eigenvalue weighted by atomic mass is 10.1. The molecular formula is C13H18NO2+. The number of quaternary nitrogens is 1. The highest BCUT2D eigenvalue weighted by Gasteiger charge is 2.22. The maximum atomic E-state index is 11.8. The van der Waals surface area contributed by atoms with Gasteiger partial charge in [0.05, 0.1) is 25.7 Å². The molecule has 0 saturated carbocycles. The average Bonchev–Trinajstić information content (AvgIpc) is 2.33. The maximum absolute atomic E-state index is 11.8. The Morgan fingerprint density at radius 1 is 1.25 bits per heavy atom. The van der Waals surface area contributed by atoms with Gasteiger partial charge >= 0.3 is 5.97 Å². The number of rotatable bonds is 2. The third-order valence-corrected chi connectivity index (χ3v) is 3.07. The third-order valence-electron chi connectivity index (χ3n) is 3.07. The standard InChI is InChI=1S/C13H17NO2/c1-14-9-7-12(8-10-14)16-13(15)11-5-3-2-4-6-11/h2-6,12H,7-10H2,1H3/p+1. The van der Waals surface area contributed by atoms with E-state index in [1.807, 2.05) is 18.2 Å². The van der Waals surface area contributed by atoms with E-state index in [9.17, 15) is 4.79 Å². The lowest BCUT2D eigenvalue weighted by Gasteiger charge is -2.26. The molecule has 16 heavy (non-hydrogen) atoms. The Bertz CT molecular complexity index is 342. The molecule has 0 unspecified atom stereocenters. The molecule has 1 aliphatic heterocycles. The fourth-order valence-corrected chi connectivity index (χ4v) is 2.00. The fourth-order valence-electron chi connectivity index (χ4n) is 2.00. The topological polar surface area (TPSA) is 30.7 Å². The molecule has 1 heterocycles. The van der Waals surface area contributed by atoms with Crippen LogP contribution in [0, 0.1) is 0 Å². The Kier molecular flexibility index (Phi) is 3.57. The summed E-state index contributed by atoms with van der Waals surface area (Å²) in [5.41, 5.74) is 0.647. The number of likely N-dealkylation sites (tertiary alicyclic amines) is 1. The number of nitrogens with one attached hydrogen (secondary N) is 1. The Hall–Kier alpha value is -1.35. The maximum Gasteiger partial charge on any atom is 0.338 e. The fraction of sp³-hybridized carbons (Fsp3) is 0.462. The molecule has 86 valence electrons. The highest BCUT2D eigenvalue weighted by atomic mass is 16.5. The van der Waals surface area contributed by atoms with E-state index >= 15 is 0 Å². The minimum atomic E-state index is -0.190. The molecule has 0 spiro atoms. The van der Waals surface area contributed by atoms with Crippen LogP contribution >= 0.6 is 0 Å². The number of carbonyl (C=O) groups is 1. The summed E-state index contributed by atoms with van der Waals surface area (Å²) >= 11 is 0. The molecule has 0 aromatic heterocycles. The Morgan fingerprint density at radius 2 is 1.88 bits per heavy atom. The van der Waals surface area contributed by atoms with E-state index in [0.717, 1.165) is 25.9 Å². The smallest absolute Gasteiger partial charge is 0.338 e. The van der Waals surface area contributed by atoms with Gasteiger partial charge in [-0.1, -0.05) is 18.2 Å². The quantitative estimate of drug-likeness (QED) is 0.737. The number of carbonyl (C=O) groups excluding carboxylic acids is 1. The zero-order valence-electron chi connectivity index (χ0n) is 9.61. The summed E-state index contributed by atoms with van der Waals surface area (Å²) in [5, 5.41) is 0. The predicted octanol–water partition coefficient (Wildman–Crippen LogP) is 0.521. The van der Waals surface area contributed by atoms with Gasteiger partial charge in [0.15, 0.2) is 0 Å². The molecule has 2 rings (SSSR count). The average molecular weight is 220 g/mol. The van der Waals surface area contributed by atoms with E-state index in [-0.39, 0.29) is 12.1 Å². The van der Waals surface area contributed by atoms with Crippen LogP contribution in [0.1, 0.15) is 23.2 Å². The second kappa shape index (κ2) is 5.12. The Balaban J connectivity index is 1.88. The number of benzene rings is 1. The summed E-state index contributed by atoms with van der Waals surface area (Å²) in [7, 11) is 2.18. The predicted molar refractivity (Wildman–Crippen MR) is 61.5 cm³/mol. The van der Waals surface area contributed by atoms with Crippen LogP contribution in [0.4, 0.5) is 0 Å². The van der Waals surface area contributed by atoms with Gasteiger partial charge in [-0.15, -0.1) is 0 Å². The summed E-state index contributed by atoms with van der Waals surface area (Å²) in [6.45, 7) is 2.18. The van der Waals surface area contributed by atoms with Gasteiger partial charge < -0.3 is 9.64 Å². The van der Waals surface area contributed by atoms with Crippen molar-refractivity contribution in [3.8, 4) is 0 Å². The summed E-state index contributed by atoms with van der Waals surface area (Å²) in [4.78, 5) is 13.3. The first-order chi connectivity index (χ1) is 7.75. The van der Waals surface area contributed by atoms with Gasteiger partial charge in [0.1, 0.15) is 6.10 Å². The second-order valence-corrected chi connectivity index (χ2v) is 4.43. The van der Waals surface area contributed by atoms with Crippen LogP contribution in [-0.4, -0.2) is 32.2 Å². The number of hydrogen-bond acceptors (Lipinski definition) is 2. The van der Waals surface area contributed by atoms with Crippen molar-refractivity contribution in [2.24, 2.45) is 0 Å². The summed E-state index contributed by atoms with van der Waals surface area (Å²) in [5.74, 6) is -0.190. The number of esters is 1. The van der Waals surface area contributed by atoms with Gasteiger partial charge in [-0.2, -0.15) is 0 Å². The van der Waals surface area contributed by atoms with Crippen LogP contribution in [0.15, 0.2) is 30.3 Å². The van der Waals surface area contributed by atoms with Crippen molar-refractivity contribution in [3.05, 3.63) is 35.9 Å². The normalized spacial score (nSPS) is 25.1. The molecular weight excluding hydrogens is 202 g/mol. The molecule has 0 amide bonds. The Morgan fingerprint density at radius 3 is 2.50 bits per heavy atom. The zero-order valence-corrected chi connectivity index (χ0v) is 9.61. The van der Waals surface area contributed by atoms with Crippen LogP contribution < -0.4 is 4.90 Å². The molecule has 1 saturated heterocycles. The molecule has 1 aromatic rings. The third kappa shape index (κ3) is 2.83. The number of ether oxygens (including phenoxy) is 1. The van der Waals surface area contributed by atoms with Gasteiger partial charge in [0, 0.05) is 12.8 Å². The van der Waals surface area contributed by atoms with Crippen molar-refractivity contribution < 1.29 is 14.4 Å². The van der Waals surface area contributed by atoms with Crippen molar-refractivity contribution in [1.82, 2.24) is 0 Å². The molecule has 0 radical (unpaired) electrons. The molecule has 3 nitrogen and oxygen atoms in total. The Labute approximate surface area is 96.0 Å². The van der Waals surface area contributed by atoms with Crippen LogP contribution in [0.5, 0.6) is 0 Å². The van der Waals surface area contributed by atoms with Crippen LogP contribution in [0.2, 0.25) is 0 Å². The molecule has 0 bridgehead atoms. The van der Waals surface area contributed by atoms with Gasteiger partial charge in [-0.05, 0) is 12.1 Å². The lowest BCUT2D eigenvalue weighted by Crippen LogP contribution is -3.10. The van der Waals surface area contributed by atoms with E-state index < -0.39 is 0 Å². The highest BCUT2D eigenvalue weighted by molar-refractivity contribution is 5.89. The largest absolute Gasteiger partial charge is 0.458 e. The number of hydrogen-bond donors (Lipinski definition) is 1. The summed E-state index contributed by atoms with van der Waals surface area (Å²) in [6, 6.07) is 9.20. The van der Waals surface area contributed by atoms with Crippen molar-refractivity contribution >= 4 is 5.97 Å². The van der Waals surface area contributed by atoms with E-state index in [2.05, 4.69) is 7.05 Å². The second-order valence-electron chi connectivity index (χ2n) is 4.43. The van der Waals surface area contributed by atoms with Gasteiger partial charge in [-0.3, -0.25) is 0 Å². The first-order valence-electron chi connectivity index (χ1n) is 5.83. The van der Waals surface area contributed by atoms with E-state index in [1.54, 1.807) is 12.1 Å². The minimum Gasteiger partial charge on any atom is -0.458 e. The monoisotopic (exact) mass is 220 g/mol. The zero-order chi connectivity index (χ0) is 11.4. The first kappa shape index (κ1) is 11.1. The van der Waals surface area contributed by atoms with Crippen LogP contribution in [0.25, 0.3) is 0 Å². The summed E-state index contributed by atoms with van der Waals surface area (Å²) in [6.07, 6.45) is 2.06. The van der Waals surface area contributed by atoms with E-state index in [1.165, 1.54) is 4.90 Å². The minimum absolute atomic E-state index is 0.108. The van der Waals surface area contributed by atoms with Crippen LogP contribution in [-0.2, 0) is 4.74 Å². The molecule has 1 N–H and O–H groups in total. The summed E-state index contributed by atoms with van der Waals surface area (Å²) < 4.78 is 5.47. The van der Waals surface area contributed by atoms with E-state index in [4.69, 9.17) is 4.74 Å². The van der Waals surface area contributed by atoms with Gasteiger partial charge in [0.2, 0.25) is 0 Å². The van der Waals surface area contributed by atoms with Crippen molar-refractivity contribution in [2.45, 2.75) is 18.9 Å². The van der Waals surface area contributed by atoms with Crippen LogP contribution in [0.3, 0.4) is 0 Å². The molecule has 1 fully saturated rings. The molecule has 0 atom stereocenters. The number of piperidine rings is 1. The highest BCUT2D eigenvalue weighted by Crippen LogP contribution is 2.09.